The van der Waals surface area contributed by atoms with Crippen LogP contribution in [0.5, 0.6) is 5.75 Å². The third-order valence-electron chi connectivity index (χ3n) is 5.73. The molecule has 2 aliphatic heterocycles. The fraction of sp³-hybridized carbons (Fsp3) is 0.560. The van der Waals surface area contributed by atoms with Gasteiger partial charge < -0.3 is 28.6 Å². The molecule has 34 heavy (non-hydrogen) atoms. The Morgan fingerprint density at radius 3 is 2.24 bits per heavy atom. The minimum absolute atomic E-state index is 0.0401. The number of esters is 3. The van der Waals surface area contributed by atoms with E-state index in [4.69, 9.17) is 23.7 Å². The van der Waals surface area contributed by atoms with Crippen LogP contribution >= 0.6 is 0 Å². The molecule has 0 N–H and O–H groups in total. The SMILES string of the molecule is CCOc1ccc2c(c1)C(C)=CC(C)(C)N2[C@@H]1OC[C@@H](OC(C)=O)[C@H](OC(C)=O)[C@H]1OC(C)=O. The zero-order valence-corrected chi connectivity index (χ0v) is 20.7. The number of ether oxygens (including phenoxy) is 5. The summed E-state index contributed by atoms with van der Waals surface area (Å²) in [5, 5.41) is 0. The number of benzene rings is 1. The third-order valence-corrected chi connectivity index (χ3v) is 5.73. The second kappa shape index (κ2) is 10.0. The van der Waals surface area contributed by atoms with Crippen LogP contribution in [-0.2, 0) is 33.3 Å². The quantitative estimate of drug-likeness (QED) is 0.453. The summed E-state index contributed by atoms with van der Waals surface area (Å²) >= 11 is 0. The van der Waals surface area contributed by atoms with E-state index in [9.17, 15) is 14.4 Å². The Labute approximate surface area is 199 Å². The third kappa shape index (κ3) is 5.35. The van der Waals surface area contributed by atoms with Gasteiger partial charge in [-0.1, -0.05) is 6.08 Å². The topological polar surface area (TPSA) is 101 Å². The fourth-order valence-corrected chi connectivity index (χ4v) is 4.69. The number of carbonyl (C=O) groups is 3. The molecule has 3 rings (SSSR count). The lowest BCUT2D eigenvalue weighted by atomic mass is 9.87. The van der Waals surface area contributed by atoms with Crippen molar-refractivity contribution in [3.8, 4) is 5.75 Å². The van der Waals surface area contributed by atoms with Gasteiger partial charge in [0.1, 0.15) is 5.75 Å². The van der Waals surface area contributed by atoms with E-state index in [-0.39, 0.29) is 6.61 Å². The van der Waals surface area contributed by atoms with Gasteiger partial charge in [0.05, 0.1) is 18.8 Å². The number of hydrogen-bond donors (Lipinski definition) is 0. The largest absolute Gasteiger partial charge is 0.494 e. The Balaban J connectivity index is 2.10. The van der Waals surface area contributed by atoms with Crippen molar-refractivity contribution in [2.75, 3.05) is 18.1 Å². The van der Waals surface area contributed by atoms with Crippen LogP contribution < -0.4 is 9.64 Å². The molecule has 0 radical (unpaired) electrons. The van der Waals surface area contributed by atoms with Crippen molar-refractivity contribution in [1.29, 1.82) is 0 Å². The second-order valence-corrected chi connectivity index (χ2v) is 8.98. The molecule has 0 saturated carbocycles. The van der Waals surface area contributed by atoms with Gasteiger partial charge in [-0.15, -0.1) is 0 Å². The van der Waals surface area contributed by atoms with Crippen LogP contribution in [0.4, 0.5) is 5.69 Å². The van der Waals surface area contributed by atoms with Gasteiger partial charge in [-0.2, -0.15) is 0 Å². The molecule has 0 bridgehead atoms. The zero-order valence-electron chi connectivity index (χ0n) is 20.7. The van der Waals surface area contributed by atoms with Gasteiger partial charge in [0.25, 0.3) is 0 Å². The molecule has 0 aliphatic carbocycles. The van der Waals surface area contributed by atoms with Gasteiger partial charge in [-0.25, -0.2) is 0 Å². The van der Waals surface area contributed by atoms with Crippen LogP contribution in [0.1, 0.15) is 54.0 Å². The van der Waals surface area contributed by atoms with E-state index in [1.807, 2.05) is 50.8 Å². The van der Waals surface area contributed by atoms with Crippen molar-refractivity contribution in [2.24, 2.45) is 0 Å². The lowest BCUT2D eigenvalue weighted by Gasteiger charge is -2.52. The lowest BCUT2D eigenvalue weighted by Crippen LogP contribution is -2.66. The molecule has 2 heterocycles. The Kier molecular flexibility index (Phi) is 7.55. The number of nitrogens with zero attached hydrogens (tertiary/aromatic N) is 1. The first-order valence-corrected chi connectivity index (χ1v) is 11.3. The Bertz CT molecular complexity index is 985. The number of allylic oxidation sites excluding steroid dienone is 1. The maximum Gasteiger partial charge on any atom is 0.303 e. The van der Waals surface area contributed by atoms with Crippen LogP contribution in [0.2, 0.25) is 0 Å². The van der Waals surface area contributed by atoms with Gasteiger partial charge in [0.2, 0.25) is 0 Å². The van der Waals surface area contributed by atoms with Gasteiger partial charge in [0.15, 0.2) is 24.5 Å². The normalized spacial score (nSPS) is 25.5. The highest BCUT2D eigenvalue weighted by molar-refractivity contribution is 5.82. The van der Waals surface area contributed by atoms with E-state index in [0.29, 0.717) is 6.61 Å². The minimum Gasteiger partial charge on any atom is -0.494 e. The van der Waals surface area contributed by atoms with Crippen LogP contribution in [0.15, 0.2) is 24.3 Å². The van der Waals surface area contributed by atoms with E-state index >= 15 is 0 Å². The minimum atomic E-state index is -1.05. The Morgan fingerprint density at radius 2 is 1.65 bits per heavy atom. The summed E-state index contributed by atoms with van der Waals surface area (Å²) in [5.41, 5.74) is 2.30. The van der Waals surface area contributed by atoms with E-state index in [0.717, 1.165) is 22.6 Å². The highest BCUT2D eigenvalue weighted by Gasteiger charge is 2.52. The average Bonchev–Trinajstić information content (AvgIpc) is 2.71. The first-order chi connectivity index (χ1) is 15.9. The summed E-state index contributed by atoms with van der Waals surface area (Å²) in [4.78, 5) is 37.7. The molecule has 9 nitrogen and oxygen atoms in total. The van der Waals surface area contributed by atoms with Crippen molar-refractivity contribution < 1.29 is 38.1 Å². The molecule has 1 aromatic rings. The molecule has 1 fully saturated rings. The molecule has 9 heteroatoms. The molecular formula is C25H33NO8. The molecule has 1 saturated heterocycles. The Morgan fingerprint density at radius 1 is 1.03 bits per heavy atom. The van der Waals surface area contributed by atoms with Crippen molar-refractivity contribution in [2.45, 2.75) is 78.5 Å². The molecule has 0 aromatic heterocycles. The fourth-order valence-electron chi connectivity index (χ4n) is 4.69. The number of fused-ring (bicyclic) bond motifs is 1. The van der Waals surface area contributed by atoms with Crippen molar-refractivity contribution in [3.05, 3.63) is 29.8 Å². The van der Waals surface area contributed by atoms with Crippen molar-refractivity contribution in [3.63, 3.8) is 0 Å². The Hall–Kier alpha value is -3.07. The van der Waals surface area contributed by atoms with Crippen molar-refractivity contribution in [1.82, 2.24) is 0 Å². The summed E-state index contributed by atoms with van der Waals surface area (Å²) in [6, 6.07) is 5.77. The predicted octanol–water partition coefficient (Wildman–Crippen LogP) is 3.24. The number of carbonyl (C=O) groups excluding carboxylic acids is 3. The molecule has 1 aromatic carbocycles. The van der Waals surface area contributed by atoms with Gasteiger partial charge in [0, 0.05) is 32.0 Å². The zero-order chi connectivity index (χ0) is 25.2. The van der Waals surface area contributed by atoms with Gasteiger partial charge >= 0.3 is 17.9 Å². The number of anilines is 1. The molecule has 2 aliphatic rings. The van der Waals surface area contributed by atoms with Gasteiger partial charge in [-0.3, -0.25) is 14.4 Å². The summed E-state index contributed by atoms with van der Waals surface area (Å²) in [6.07, 6.45) is -1.75. The average molecular weight is 476 g/mol. The molecule has 4 atom stereocenters. The monoisotopic (exact) mass is 475 g/mol. The van der Waals surface area contributed by atoms with Crippen LogP contribution in [0, 0.1) is 0 Å². The second-order valence-electron chi connectivity index (χ2n) is 8.98. The summed E-state index contributed by atoms with van der Waals surface area (Å²) in [6.45, 7) is 12.3. The first kappa shape index (κ1) is 25.6. The van der Waals surface area contributed by atoms with Crippen molar-refractivity contribution >= 4 is 29.2 Å². The predicted molar refractivity (Wildman–Crippen MR) is 124 cm³/mol. The van der Waals surface area contributed by atoms with E-state index in [1.165, 1.54) is 20.8 Å². The van der Waals surface area contributed by atoms with Crippen LogP contribution in [0.3, 0.4) is 0 Å². The van der Waals surface area contributed by atoms with Crippen LogP contribution in [-0.4, -0.2) is 61.2 Å². The molecule has 186 valence electrons. The lowest BCUT2D eigenvalue weighted by molar-refractivity contribution is -0.226. The van der Waals surface area contributed by atoms with Crippen LogP contribution in [0.25, 0.3) is 5.57 Å². The summed E-state index contributed by atoms with van der Waals surface area (Å²) < 4.78 is 28.4. The van der Waals surface area contributed by atoms with Gasteiger partial charge in [-0.05, 0) is 51.5 Å². The maximum atomic E-state index is 12.1. The number of rotatable bonds is 6. The smallest absolute Gasteiger partial charge is 0.303 e. The maximum absolute atomic E-state index is 12.1. The molecule has 0 amide bonds. The van der Waals surface area contributed by atoms with E-state index < -0.39 is 48.0 Å². The number of hydrogen-bond acceptors (Lipinski definition) is 9. The van der Waals surface area contributed by atoms with E-state index in [1.54, 1.807) is 0 Å². The standard InChI is InChI=1S/C25H33NO8/c1-8-30-18-9-10-20-19(11-18)14(2)12-25(6,7)26(20)24-23(34-17(5)29)22(33-16(4)28)21(13-31-24)32-15(3)27/h9-12,21-24H,8,13H2,1-7H3/t21-,22+,23-,24-/m1/s1. The molecular weight excluding hydrogens is 442 g/mol. The molecule has 0 spiro atoms. The van der Waals surface area contributed by atoms with E-state index in [2.05, 4.69) is 6.08 Å². The summed E-state index contributed by atoms with van der Waals surface area (Å²) in [5.74, 6) is -0.984. The first-order valence-electron chi connectivity index (χ1n) is 11.3. The highest BCUT2D eigenvalue weighted by atomic mass is 16.6. The molecule has 0 unspecified atom stereocenters. The summed E-state index contributed by atoms with van der Waals surface area (Å²) in [7, 11) is 0. The highest BCUT2D eigenvalue weighted by Crippen LogP contribution is 2.44.